The molecule has 0 fully saturated rings. The Hall–Kier alpha value is -3.93. The van der Waals surface area contributed by atoms with Crippen LogP contribution >= 0.6 is 0 Å². The highest BCUT2D eigenvalue weighted by molar-refractivity contribution is 6.03. The summed E-state index contributed by atoms with van der Waals surface area (Å²) in [4.78, 5) is 15.3. The van der Waals surface area contributed by atoms with E-state index >= 15 is 0 Å². The Morgan fingerprint density at radius 2 is 1.42 bits per heavy atom. The van der Waals surface area contributed by atoms with Crippen LogP contribution in [0.25, 0.3) is 11.8 Å². The number of methoxy groups -OCH3 is 4. The Bertz CT molecular complexity index is 1190. The molecule has 4 rings (SSSR count). The summed E-state index contributed by atoms with van der Waals surface area (Å²) in [5.74, 6) is 2.50. The third kappa shape index (κ3) is 4.37. The first-order valence-electron chi connectivity index (χ1n) is 10.7. The fourth-order valence-electron chi connectivity index (χ4n) is 4.07. The van der Waals surface area contributed by atoms with Gasteiger partial charge in [-0.2, -0.15) is 0 Å². The molecular formula is C27H27NO5. The number of fused-ring (bicyclic) bond motifs is 1. The number of hydrogen-bond acceptors (Lipinski definition) is 5. The van der Waals surface area contributed by atoms with Gasteiger partial charge in [0.05, 0.1) is 34.1 Å². The molecule has 0 unspecified atom stereocenters. The molecule has 3 aromatic carbocycles. The Labute approximate surface area is 194 Å². The number of rotatable bonds is 6. The van der Waals surface area contributed by atoms with Crippen molar-refractivity contribution in [1.29, 1.82) is 0 Å². The molecule has 1 aliphatic heterocycles. The van der Waals surface area contributed by atoms with Crippen molar-refractivity contribution in [1.82, 2.24) is 4.90 Å². The van der Waals surface area contributed by atoms with Gasteiger partial charge in [0.2, 0.25) is 0 Å². The molecule has 0 atom stereocenters. The van der Waals surface area contributed by atoms with E-state index in [-0.39, 0.29) is 5.91 Å². The first-order chi connectivity index (χ1) is 16.1. The summed E-state index contributed by atoms with van der Waals surface area (Å²) < 4.78 is 21.9. The molecule has 0 saturated carbocycles. The first-order valence-corrected chi connectivity index (χ1v) is 10.7. The quantitative estimate of drug-likeness (QED) is 0.539. The maximum Gasteiger partial charge on any atom is 0.258 e. The maximum absolute atomic E-state index is 13.5. The van der Waals surface area contributed by atoms with Crippen LogP contribution in [-0.4, -0.2) is 45.8 Å². The minimum absolute atomic E-state index is 0.0530. The lowest BCUT2D eigenvalue weighted by atomic mass is 9.93. The topological polar surface area (TPSA) is 57.2 Å². The Morgan fingerprint density at radius 3 is 2.09 bits per heavy atom. The van der Waals surface area contributed by atoms with Crippen LogP contribution in [-0.2, 0) is 6.42 Å². The summed E-state index contributed by atoms with van der Waals surface area (Å²) in [6.45, 7) is 0.551. The average molecular weight is 446 g/mol. The Morgan fingerprint density at radius 1 is 0.788 bits per heavy atom. The molecule has 6 heteroatoms. The number of amides is 1. The molecule has 0 bridgehead atoms. The summed E-state index contributed by atoms with van der Waals surface area (Å²) in [5, 5.41) is 0. The van der Waals surface area contributed by atoms with E-state index in [0.717, 1.165) is 22.4 Å². The van der Waals surface area contributed by atoms with E-state index in [2.05, 4.69) is 0 Å². The lowest BCUT2D eigenvalue weighted by molar-refractivity contribution is 0.0834. The van der Waals surface area contributed by atoms with Crippen LogP contribution in [0.3, 0.4) is 0 Å². The predicted octanol–water partition coefficient (Wildman–Crippen LogP) is 4.92. The summed E-state index contributed by atoms with van der Waals surface area (Å²) in [7, 11) is 6.44. The highest BCUT2D eigenvalue weighted by atomic mass is 16.5. The smallest absolute Gasteiger partial charge is 0.258 e. The van der Waals surface area contributed by atoms with Crippen LogP contribution in [0.2, 0.25) is 0 Å². The standard InChI is InChI=1S/C27H27NO5/c1-30-23-11-10-18(15-24(23)31-2)14-22-21-17-26(33-4)25(32-3)16-20(21)12-13-28(22)27(29)19-8-6-5-7-9-19/h5-11,14-17H,12-13H2,1-4H3/b22-14+. The largest absolute Gasteiger partial charge is 0.493 e. The molecule has 0 aliphatic carbocycles. The van der Waals surface area contributed by atoms with Gasteiger partial charge in [-0.25, -0.2) is 0 Å². The molecular weight excluding hydrogens is 418 g/mol. The maximum atomic E-state index is 13.5. The summed E-state index contributed by atoms with van der Waals surface area (Å²) >= 11 is 0. The van der Waals surface area contributed by atoms with Crippen LogP contribution in [0.1, 0.15) is 27.0 Å². The number of ether oxygens (including phenoxy) is 4. The monoisotopic (exact) mass is 445 g/mol. The number of nitrogens with zero attached hydrogens (tertiary/aromatic N) is 1. The zero-order valence-electron chi connectivity index (χ0n) is 19.3. The molecule has 0 N–H and O–H groups in total. The van der Waals surface area contributed by atoms with Gasteiger partial charge in [0.25, 0.3) is 5.91 Å². The minimum Gasteiger partial charge on any atom is -0.493 e. The Kier molecular flexibility index (Phi) is 6.54. The molecule has 3 aromatic rings. The molecule has 1 amide bonds. The lowest BCUT2D eigenvalue weighted by Gasteiger charge is -2.32. The molecule has 0 saturated heterocycles. The highest BCUT2D eigenvalue weighted by Crippen LogP contribution is 2.39. The highest BCUT2D eigenvalue weighted by Gasteiger charge is 2.28. The van der Waals surface area contributed by atoms with Gasteiger partial charge in [0, 0.05) is 17.7 Å². The second kappa shape index (κ2) is 9.69. The minimum atomic E-state index is -0.0530. The molecule has 170 valence electrons. The Balaban J connectivity index is 1.87. The van der Waals surface area contributed by atoms with Crippen molar-refractivity contribution in [2.45, 2.75) is 6.42 Å². The van der Waals surface area contributed by atoms with Gasteiger partial charge >= 0.3 is 0 Å². The van der Waals surface area contributed by atoms with E-state index < -0.39 is 0 Å². The van der Waals surface area contributed by atoms with Crippen molar-refractivity contribution in [3.63, 3.8) is 0 Å². The average Bonchev–Trinajstić information content (AvgIpc) is 2.88. The van der Waals surface area contributed by atoms with Crippen molar-refractivity contribution in [3.05, 3.63) is 82.9 Å². The van der Waals surface area contributed by atoms with Crippen molar-refractivity contribution < 1.29 is 23.7 Å². The normalized spacial score (nSPS) is 13.9. The van der Waals surface area contributed by atoms with Gasteiger partial charge in [-0.05, 0) is 60.0 Å². The van der Waals surface area contributed by atoms with Gasteiger partial charge < -0.3 is 23.8 Å². The molecule has 33 heavy (non-hydrogen) atoms. The van der Waals surface area contributed by atoms with E-state index in [1.54, 1.807) is 28.4 Å². The molecule has 6 nitrogen and oxygen atoms in total. The zero-order chi connectivity index (χ0) is 23.4. The summed E-state index contributed by atoms with van der Waals surface area (Å²) in [6.07, 6.45) is 2.70. The van der Waals surface area contributed by atoms with Crippen LogP contribution in [0.15, 0.2) is 60.7 Å². The van der Waals surface area contributed by atoms with Gasteiger partial charge in [-0.1, -0.05) is 24.3 Å². The van der Waals surface area contributed by atoms with Gasteiger partial charge in [-0.15, -0.1) is 0 Å². The van der Waals surface area contributed by atoms with Crippen molar-refractivity contribution in [2.75, 3.05) is 35.0 Å². The van der Waals surface area contributed by atoms with E-state index in [0.29, 0.717) is 41.5 Å². The lowest BCUT2D eigenvalue weighted by Crippen LogP contribution is -2.35. The van der Waals surface area contributed by atoms with Crippen LogP contribution in [0.5, 0.6) is 23.0 Å². The first kappa shape index (κ1) is 22.3. The van der Waals surface area contributed by atoms with Crippen LogP contribution < -0.4 is 18.9 Å². The van der Waals surface area contributed by atoms with Crippen molar-refractivity contribution in [3.8, 4) is 23.0 Å². The fraction of sp³-hybridized carbons (Fsp3) is 0.222. The van der Waals surface area contributed by atoms with Gasteiger partial charge in [-0.3, -0.25) is 4.79 Å². The number of benzene rings is 3. The van der Waals surface area contributed by atoms with E-state index in [4.69, 9.17) is 18.9 Å². The van der Waals surface area contributed by atoms with Gasteiger partial charge in [0.1, 0.15) is 0 Å². The second-order valence-corrected chi connectivity index (χ2v) is 7.58. The number of carbonyl (C=O) groups excluding carboxylic acids is 1. The van der Waals surface area contributed by atoms with Crippen molar-refractivity contribution in [2.24, 2.45) is 0 Å². The third-order valence-corrected chi connectivity index (χ3v) is 5.76. The fourth-order valence-corrected chi connectivity index (χ4v) is 4.07. The summed E-state index contributed by atoms with van der Waals surface area (Å²) in [6, 6.07) is 18.9. The predicted molar refractivity (Wildman–Crippen MR) is 128 cm³/mol. The molecule has 0 radical (unpaired) electrons. The van der Waals surface area contributed by atoms with E-state index in [9.17, 15) is 4.79 Å². The third-order valence-electron chi connectivity index (χ3n) is 5.76. The molecule has 1 aliphatic rings. The summed E-state index contributed by atoms with van der Waals surface area (Å²) in [5.41, 5.74) is 4.34. The second-order valence-electron chi connectivity index (χ2n) is 7.58. The van der Waals surface area contributed by atoms with Crippen LogP contribution in [0, 0.1) is 0 Å². The van der Waals surface area contributed by atoms with Gasteiger partial charge in [0.15, 0.2) is 23.0 Å². The zero-order valence-corrected chi connectivity index (χ0v) is 19.3. The number of carbonyl (C=O) groups is 1. The van der Waals surface area contributed by atoms with E-state index in [1.165, 1.54) is 0 Å². The van der Waals surface area contributed by atoms with E-state index in [1.807, 2.05) is 71.6 Å². The van der Waals surface area contributed by atoms with Crippen LogP contribution in [0.4, 0.5) is 0 Å². The number of hydrogen-bond donors (Lipinski definition) is 0. The molecule has 1 heterocycles. The van der Waals surface area contributed by atoms with Crippen molar-refractivity contribution >= 4 is 17.7 Å². The molecule has 0 aromatic heterocycles. The molecule has 0 spiro atoms. The SMILES string of the molecule is COc1ccc(/C=C2\c3cc(OC)c(OC)cc3CCN2C(=O)c2ccccc2)cc1OC.